The summed E-state index contributed by atoms with van der Waals surface area (Å²) in [5.41, 5.74) is 1.84. The Morgan fingerprint density at radius 2 is 1.96 bits per heavy atom. The minimum Gasteiger partial charge on any atom is -0.486 e. The van der Waals surface area contributed by atoms with Gasteiger partial charge in [0, 0.05) is 11.1 Å². The SMILES string of the molecule is C[C@@H](NC(=O)/C=C/c1ccc2c(c1)OCCO2)c1cccc(Cl)c1. The van der Waals surface area contributed by atoms with Gasteiger partial charge in [-0.1, -0.05) is 29.8 Å². The van der Waals surface area contributed by atoms with E-state index in [9.17, 15) is 4.79 Å². The molecular formula is C19H18ClNO3. The van der Waals surface area contributed by atoms with Gasteiger partial charge in [0.15, 0.2) is 11.5 Å². The van der Waals surface area contributed by atoms with Crippen LogP contribution < -0.4 is 14.8 Å². The predicted octanol–water partition coefficient (Wildman–Crippen LogP) is 4.00. The lowest BCUT2D eigenvalue weighted by Gasteiger charge is -2.18. The van der Waals surface area contributed by atoms with Crippen molar-refractivity contribution in [3.05, 3.63) is 64.7 Å². The molecule has 0 saturated carbocycles. The largest absolute Gasteiger partial charge is 0.486 e. The van der Waals surface area contributed by atoms with Crippen LogP contribution in [0.4, 0.5) is 0 Å². The molecule has 4 nitrogen and oxygen atoms in total. The van der Waals surface area contributed by atoms with Gasteiger partial charge >= 0.3 is 0 Å². The maximum Gasteiger partial charge on any atom is 0.244 e. The fourth-order valence-electron chi connectivity index (χ4n) is 2.46. The Kier molecular flexibility index (Phi) is 5.06. The van der Waals surface area contributed by atoms with Crippen LogP contribution in [0.2, 0.25) is 5.02 Å². The number of rotatable bonds is 4. The first kappa shape index (κ1) is 16.4. The topological polar surface area (TPSA) is 47.6 Å². The molecule has 2 aromatic rings. The van der Waals surface area contributed by atoms with Crippen molar-refractivity contribution in [3.8, 4) is 11.5 Å². The van der Waals surface area contributed by atoms with Crippen LogP contribution in [0.25, 0.3) is 6.08 Å². The molecule has 1 N–H and O–H groups in total. The number of carbonyl (C=O) groups excluding carboxylic acids is 1. The molecule has 5 heteroatoms. The molecule has 1 atom stereocenters. The number of halogens is 1. The number of carbonyl (C=O) groups is 1. The van der Waals surface area contributed by atoms with Gasteiger partial charge in [0.25, 0.3) is 0 Å². The Morgan fingerprint density at radius 3 is 2.75 bits per heavy atom. The van der Waals surface area contributed by atoms with Crippen LogP contribution in [0, 0.1) is 0 Å². The van der Waals surface area contributed by atoms with Crippen molar-refractivity contribution in [2.75, 3.05) is 13.2 Å². The second kappa shape index (κ2) is 7.41. The zero-order valence-corrected chi connectivity index (χ0v) is 14.0. The fourth-order valence-corrected chi connectivity index (χ4v) is 2.66. The normalized spacial score (nSPS) is 14.4. The van der Waals surface area contributed by atoms with Gasteiger partial charge in [0.05, 0.1) is 6.04 Å². The van der Waals surface area contributed by atoms with E-state index in [1.807, 2.05) is 43.3 Å². The van der Waals surface area contributed by atoms with E-state index in [-0.39, 0.29) is 11.9 Å². The van der Waals surface area contributed by atoms with Crippen LogP contribution in [0.5, 0.6) is 11.5 Å². The van der Waals surface area contributed by atoms with E-state index in [1.54, 1.807) is 12.1 Å². The van der Waals surface area contributed by atoms with Crippen molar-refractivity contribution in [2.45, 2.75) is 13.0 Å². The second-order valence-electron chi connectivity index (χ2n) is 5.52. The van der Waals surface area contributed by atoms with Gasteiger partial charge in [0.2, 0.25) is 5.91 Å². The summed E-state index contributed by atoms with van der Waals surface area (Å²) < 4.78 is 11.0. The average Bonchev–Trinajstić information content (AvgIpc) is 2.59. The van der Waals surface area contributed by atoms with Crippen LogP contribution in [0.3, 0.4) is 0 Å². The number of hydrogen-bond donors (Lipinski definition) is 1. The summed E-state index contributed by atoms with van der Waals surface area (Å²) in [4.78, 5) is 12.1. The number of benzene rings is 2. The summed E-state index contributed by atoms with van der Waals surface area (Å²) in [5.74, 6) is 1.27. The summed E-state index contributed by atoms with van der Waals surface area (Å²) in [6.07, 6.45) is 3.25. The Balaban J connectivity index is 1.63. The Hall–Kier alpha value is -2.46. The zero-order valence-electron chi connectivity index (χ0n) is 13.3. The van der Waals surface area contributed by atoms with E-state index in [0.717, 1.165) is 16.9 Å². The van der Waals surface area contributed by atoms with Gasteiger partial charge < -0.3 is 14.8 Å². The molecule has 0 fully saturated rings. The van der Waals surface area contributed by atoms with E-state index < -0.39 is 0 Å². The standard InChI is InChI=1S/C19H18ClNO3/c1-13(15-3-2-4-16(20)12-15)21-19(22)8-6-14-5-7-17-18(11-14)24-10-9-23-17/h2-8,11-13H,9-10H2,1H3,(H,21,22)/b8-6+/t13-/m1/s1. The van der Waals surface area contributed by atoms with Crippen molar-refractivity contribution in [1.82, 2.24) is 5.32 Å². The first-order valence-electron chi connectivity index (χ1n) is 7.75. The molecule has 0 saturated heterocycles. The number of nitrogens with one attached hydrogen (secondary N) is 1. The molecule has 1 aliphatic rings. The lowest BCUT2D eigenvalue weighted by atomic mass is 10.1. The van der Waals surface area contributed by atoms with Crippen LogP contribution in [-0.4, -0.2) is 19.1 Å². The van der Waals surface area contributed by atoms with Crippen LogP contribution >= 0.6 is 11.6 Å². The Labute approximate surface area is 146 Å². The monoisotopic (exact) mass is 343 g/mol. The first-order valence-corrected chi connectivity index (χ1v) is 8.13. The number of amides is 1. The molecule has 0 spiro atoms. The molecule has 24 heavy (non-hydrogen) atoms. The quantitative estimate of drug-likeness (QED) is 0.853. The summed E-state index contributed by atoms with van der Waals surface area (Å²) in [6.45, 7) is 3.02. The Morgan fingerprint density at radius 1 is 1.17 bits per heavy atom. The molecule has 0 bridgehead atoms. The highest BCUT2D eigenvalue weighted by Crippen LogP contribution is 2.31. The van der Waals surface area contributed by atoms with Crippen LogP contribution in [0.15, 0.2) is 48.5 Å². The minimum absolute atomic E-state index is 0.124. The second-order valence-corrected chi connectivity index (χ2v) is 5.96. The molecule has 124 valence electrons. The Bertz CT molecular complexity index is 773. The molecular weight excluding hydrogens is 326 g/mol. The van der Waals surface area contributed by atoms with Crippen LogP contribution in [-0.2, 0) is 4.79 Å². The predicted molar refractivity (Wildman–Crippen MR) is 94.5 cm³/mol. The number of ether oxygens (including phenoxy) is 2. The van der Waals surface area contributed by atoms with Gasteiger partial charge in [-0.05, 0) is 48.4 Å². The molecule has 1 heterocycles. The highest BCUT2D eigenvalue weighted by Gasteiger charge is 2.11. The summed E-state index contributed by atoms with van der Waals surface area (Å²) >= 11 is 5.98. The molecule has 1 amide bonds. The molecule has 0 aromatic heterocycles. The third-order valence-electron chi connectivity index (χ3n) is 3.70. The first-order chi connectivity index (χ1) is 11.6. The lowest BCUT2D eigenvalue weighted by Crippen LogP contribution is -2.24. The van der Waals surface area contributed by atoms with Gasteiger partial charge in [-0.2, -0.15) is 0 Å². The highest BCUT2D eigenvalue weighted by molar-refractivity contribution is 6.30. The summed E-state index contributed by atoms with van der Waals surface area (Å²) in [7, 11) is 0. The lowest BCUT2D eigenvalue weighted by molar-refractivity contribution is -0.117. The maximum atomic E-state index is 12.1. The molecule has 0 radical (unpaired) electrons. The summed E-state index contributed by atoms with van der Waals surface area (Å²) in [6, 6.07) is 12.9. The fraction of sp³-hybridized carbons (Fsp3) is 0.211. The van der Waals surface area contributed by atoms with E-state index in [0.29, 0.717) is 24.0 Å². The smallest absolute Gasteiger partial charge is 0.244 e. The third kappa shape index (κ3) is 4.09. The highest BCUT2D eigenvalue weighted by atomic mass is 35.5. The van der Waals surface area contributed by atoms with Crippen molar-refractivity contribution in [1.29, 1.82) is 0 Å². The number of fused-ring (bicyclic) bond motifs is 1. The van der Waals surface area contributed by atoms with E-state index in [2.05, 4.69) is 5.32 Å². The van der Waals surface area contributed by atoms with Gasteiger partial charge in [-0.25, -0.2) is 0 Å². The van der Waals surface area contributed by atoms with Crippen molar-refractivity contribution < 1.29 is 14.3 Å². The number of hydrogen-bond acceptors (Lipinski definition) is 3. The van der Waals surface area contributed by atoms with E-state index in [1.165, 1.54) is 6.08 Å². The third-order valence-corrected chi connectivity index (χ3v) is 3.94. The van der Waals surface area contributed by atoms with Gasteiger partial charge in [-0.3, -0.25) is 4.79 Å². The van der Waals surface area contributed by atoms with Crippen molar-refractivity contribution in [2.24, 2.45) is 0 Å². The van der Waals surface area contributed by atoms with Crippen molar-refractivity contribution in [3.63, 3.8) is 0 Å². The van der Waals surface area contributed by atoms with E-state index in [4.69, 9.17) is 21.1 Å². The maximum absolute atomic E-state index is 12.1. The summed E-state index contributed by atoms with van der Waals surface area (Å²) in [5, 5.41) is 3.57. The van der Waals surface area contributed by atoms with Crippen LogP contribution in [0.1, 0.15) is 24.1 Å². The molecule has 1 aliphatic heterocycles. The average molecular weight is 344 g/mol. The molecule has 0 unspecified atom stereocenters. The van der Waals surface area contributed by atoms with Gasteiger partial charge in [0.1, 0.15) is 13.2 Å². The molecule has 3 rings (SSSR count). The van der Waals surface area contributed by atoms with E-state index >= 15 is 0 Å². The van der Waals surface area contributed by atoms with Gasteiger partial charge in [-0.15, -0.1) is 0 Å². The molecule has 2 aromatic carbocycles. The zero-order chi connectivity index (χ0) is 16.9. The molecule has 0 aliphatic carbocycles. The van der Waals surface area contributed by atoms with Crippen molar-refractivity contribution >= 4 is 23.6 Å². The minimum atomic E-state index is -0.169.